The lowest BCUT2D eigenvalue weighted by Crippen LogP contribution is -2.17. The molecule has 0 radical (unpaired) electrons. The number of nitrogens with one attached hydrogen (secondary N) is 1. The van der Waals surface area contributed by atoms with Crippen LogP contribution in [0.5, 0.6) is 0 Å². The Balaban J connectivity index is 1.83. The zero-order valence-corrected chi connectivity index (χ0v) is 19.4. The molecule has 33 heavy (non-hydrogen) atoms. The van der Waals surface area contributed by atoms with Crippen LogP contribution in [0.3, 0.4) is 0 Å². The van der Waals surface area contributed by atoms with Crippen molar-refractivity contribution in [1.29, 1.82) is 0 Å². The monoisotopic (exact) mass is 471 g/mol. The van der Waals surface area contributed by atoms with E-state index in [4.69, 9.17) is 0 Å². The van der Waals surface area contributed by atoms with Crippen molar-refractivity contribution in [2.45, 2.75) is 19.5 Å². The maximum absolute atomic E-state index is 13.7. The quantitative estimate of drug-likeness (QED) is 0.330. The van der Waals surface area contributed by atoms with E-state index in [1.807, 2.05) is 39.2 Å². The molecule has 4 rings (SSSR count). The number of fused-ring (bicyclic) bond motifs is 1. The van der Waals surface area contributed by atoms with Crippen molar-refractivity contribution in [3.63, 3.8) is 0 Å². The minimum absolute atomic E-state index is 0.246. The Morgan fingerprint density at radius 1 is 1.06 bits per heavy atom. The fraction of sp³-hybridized carbons (Fsp3) is 0.292. The number of para-hydroxylation sites is 1. The normalized spacial score (nSPS) is 12.0. The van der Waals surface area contributed by atoms with Crippen LogP contribution in [0.1, 0.15) is 17.5 Å². The highest BCUT2D eigenvalue weighted by Crippen LogP contribution is 2.37. The van der Waals surface area contributed by atoms with Gasteiger partial charge in [-0.05, 0) is 63.8 Å². The summed E-state index contributed by atoms with van der Waals surface area (Å²) in [5, 5.41) is 6.45. The Labute approximate surface area is 194 Å². The third-order valence-corrected chi connectivity index (χ3v) is 6.02. The molecule has 0 aliphatic carbocycles. The van der Waals surface area contributed by atoms with E-state index in [2.05, 4.69) is 25.2 Å². The van der Waals surface area contributed by atoms with Gasteiger partial charge in [0.15, 0.2) is 5.82 Å². The second-order valence-electron chi connectivity index (χ2n) is 8.08. The van der Waals surface area contributed by atoms with Crippen LogP contribution in [0.15, 0.2) is 48.0 Å². The number of anilines is 1. The standard InChI is InChI=1S/C24H24F3N5S/c1-15-6-4-7-19-20(15)30-21(31-22(19)28-8-5-10-32(2)3)16-12-17(23-29-9-11-33-23)14-18(13-16)24(25,26)27/h4,6-7,9,11-14H,5,8,10H2,1-3H3,(H,28,30,31). The number of halogens is 3. The summed E-state index contributed by atoms with van der Waals surface area (Å²) >= 11 is 1.29. The minimum atomic E-state index is -4.50. The summed E-state index contributed by atoms with van der Waals surface area (Å²) in [6, 6.07) is 9.68. The number of nitrogens with zero attached hydrogens (tertiary/aromatic N) is 4. The third-order valence-electron chi connectivity index (χ3n) is 5.20. The molecule has 2 aromatic heterocycles. The molecule has 2 aromatic carbocycles. The van der Waals surface area contributed by atoms with Crippen LogP contribution in [-0.2, 0) is 6.18 Å². The number of thiazole rings is 1. The van der Waals surface area contributed by atoms with Crippen molar-refractivity contribution in [2.24, 2.45) is 0 Å². The molecule has 2 heterocycles. The maximum atomic E-state index is 13.7. The summed E-state index contributed by atoms with van der Waals surface area (Å²) < 4.78 is 41.1. The molecule has 0 unspecified atom stereocenters. The molecule has 5 nitrogen and oxygen atoms in total. The van der Waals surface area contributed by atoms with Crippen molar-refractivity contribution in [3.05, 3.63) is 59.1 Å². The molecule has 9 heteroatoms. The highest BCUT2D eigenvalue weighted by atomic mass is 32.1. The smallest absolute Gasteiger partial charge is 0.369 e. The van der Waals surface area contributed by atoms with Crippen LogP contribution in [0.2, 0.25) is 0 Å². The summed E-state index contributed by atoms with van der Waals surface area (Å²) in [6.07, 6.45) is -2.02. The molecule has 172 valence electrons. The van der Waals surface area contributed by atoms with Crippen molar-refractivity contribution in [3.8, 4) is 22.0 Å². The van der Waals surface area contributed by atoms with E-state index in [-0.39, 0.29) is 5.82 Å². The topological polar surface area (TPSA) is 53.9 Å². The summed E-state index contributed by atoms with van der Waals surface area (Å²) in [7, 11) is 4.02. The number of alkyl halides is 3. The summed E-state index contributed by atoms with van der Waals surface area (Å²) in [5.41, 5.74) is 1.59. The molecule has 0 saturated heterocycles. The lowest BCUT2D eigenvalue weighted by molar-refractivity contribution is -0.137. The molecule has 0 atom stereocenters. The molecule has 0 fully saturated rings. The molecule has 4 aromatic rings. The Hall–Kier alpha value is -3.04. The van der Waals surface area contributed by atoms with E-state index in [9.17, 15) is 13.2 Å². The SMILES string of the molecule is Cc1cccc2c(NCCCN(C)C)nc(-c3cc(-c4nccs4)cc(C(F)(F)F)c3)nc12. The van der Waals surface area contributed by atoms with Gasteiger partial charge < -0.3 is 10.2 Å². The maximum Gasteiger partial charge on any atom is 0.416 e. The average molecular weight is 472 g/mol. The highest BCUT2D eigenvalue weighted by molar-refractivity contribution is 7.13. The molecule has 0 spiro atoms. The van der Waals surface area contributed by atoms with Gasteiger partial charge in [0.25, 0.3) is 0 Å². The second kappa shape index (κ2) is 9.44. The third kappa shape index (κ3) is 5.31. The van der Waals surface area contributed by atoms with Gasteiger partial charge in [0, 0.05) is 34.6 Å². The Bertz CT molecular complexity index is 1250. The number of aryl methyl sites for hydroxylation is 1. The zero-order valence-electron chi connectivity index (χ0n) is 18.6. The highest BCUT2D eigenvalue weighted by Gasteiger charge is 2.32. The molecule has 0 bridgehead atoms. The predicted molar refractivity (Wildman–Crippen MR) is 127 cm³/mol. The minimum Gasteiger partial charge on any atom is -0.369 e. The van der Waals surface area contributed by atoms with Crippen LogP contribution in [-0.4, -0.2) is 47.0 Å². The molecule has 0 saturated carbocycles. The number of hydrogen-bond acceptors (Lipinski definition) is 6. The first-order chi connectivity index (χ1) is 15.7. The van der Waals surface area contributed by atoms with Crippen molar-refractivity contribution in [2.75, 3.05) is 32.5 Å². The summed E-state index contributed by atoms with van der Waals surface area (Å²) in [4.78, 5) is 15.6. The zero-order chi connectivity index (χ0) is 23.6. The Morgan fingerprint density at radius 2 is 1.85 bits per heavy atom. The van der Waals surface area contributed by atoms with Crippen molar-refractivity contribution < 1.29 is 13.2 Å². The Kier molecular flexibility index (Phi) is 6.62. The largest absolute Gasteiger partial charge is 0.416 e. The fourth-order valence-corrected chi connectivity index (χ4v) is 4.20. The van der Waals surface area contributed by atoms with Crippen LogP contribution in [0.4, 0.5) is 19.0 Å². The van der Waals surface area contributed by atoms with Crippen LogP contribution in [0, 0.1) is 6.92 Å². The van der Waals surface area contributed by atoms with Gasteiger partial charge >= 0.3 is 6.18 Å². The van der Waals surface area contributed by atoms with Gasteiger partial charge in [-0.2, -0.15) is 13.2 Å². The van der Waals surface area contributed by atoms with E-state index in [0.29, 0.717) is 34.0 Å². The predicted octanol–water partition coefficient (Wildman–Crippen LogP) is 6.11. The first kappa shape index (κ1) is 23.1. The molecular weight excluding hydrogens is 447 g/mol. The Morgan fingerprint density at radius 3 is 2.55 bits per heavy atom. The molecule has 0 amide bonds. The van der Waals surface area contributed by atoms with Gasteiger partial charge in [0.05, 0.1) is 11.1 Å². The van der Waals surface area contributed by atoms with Gasteiger partial charge in [0.1, 0.15) is 10.8 Å². The fourth-order valence-electron chi connectivity index (χ4n) is 3.57. The van der Waals surface area contributed by atoms with Crippen LogP contribution < -0.4 is 5.32 Å². The summed E-state index contributed by atoms with van der Waals surface area (Å²) in [5.74, 6) is 0.862. The van der Waals surface area contributed by atoms with Gasteiger partial charge in [-0.25, -0.2) is 15.0 Å². The van der Waals surface area contributed by atoms with Gasteiger partial charge in [-0.1, -0.05) is 12.1 Å². The van der Waals surface area contributed by atoms with Gasteiger partial charge in [-0.3, -0.25) is 0 Å². The van der Waals surface area contributed by atoms with Gasteiger partial charge in [-0.15, -0.1) is 11.3 Å². The molecule has 1 N–H and O–H groups in total. The van der Waals surface area contributed by atoms with Crippen LogP contribution in [0.25, 0.3) is 32.9 Å². The molecule has 0 aliphatic heterocycles. The van der Waals surface area contributed by atoms with Gasteiger partial charge in [0.2, 0.25) is 0 Å². The first-order valence-electron chi connectivity index (χ1n) is 10.5. The van der Waals surface area contributed by atoms with E-state index in [1.54, 1.807) is 17.6 Å². The number of hydrogen-bond donors (Lipinski definition) is 1. The number of benzene rings is 2. The van der Waals surface area contributed by atoms with E-state index in [0.717, 1.165) is 36.0 Å². The van der Waals surface area contributed by atoms with Crippen LogP contribution >= 0.6 is 11.3 Å². The van der Waals surface area contributed by atoms with E-state index >= 15 is 0 Å². The van der Waals surface area contributed by atoms with Crippen molar-refractivity contribution in [1.82, 2.24) is 19.9 Å². The number of rotatable bonds is 7. The lowest BCUT2D eigenvalue weighted by Gasteiger charge is -2.15. The second-order valence-corrected chi connectivity index (χ2v) is 8.98. The first-order valence-corrected chi connectivity index (χ1v) is 11.4. The number of aromatic nitrogens is 3. The lowest BCUT2D eigenvalue weighted by atomic mass is 10.0. The molecule has 0 aliphatic rings. The van der Waals surface area contributed by atoms with E-state index in [1.165, 1.54) is 11.3 Å². The average Bonchev–Trinajstić information content (AvgIpc) is 3.31. The van der Waals surface area contributed by atoms with E-state index < -0.39 is 11.7 Å². The summed E-state index contributed by atoms with van der Waals surface area (Å²) in [6.45, 7) is 3.53. The molecular formula is C24H24F3N5S. The van der Waals surface area contributed by atoms with Crippen molar-refractivity contribution >= 4 is 28.1 Å².